The molecule has 0 amide bonds. The summed E-state index contributed by atoms with van der Waals surface area (Å²) in [4.78, 5) is 4.85. The Balaban J connectivity index is 0.779. The van der Waals surface area contributed by atoms with E-state index in [1.807, 2.05) is 0 Å². The van der Waals surface area contributed by atoms with E-state index in [2.05, 4.69) is 314 Å². The summed E-state index contributed by atoms with van der Waals surface area (Å²) in [5, 5.41) is 7.41. The third-order valence-corrected chi connectivity index (χ3v) is 17.8. The van der Waals surface area contributed by atoms with E-state index in [1.54, 1.807) is 0 Å². The van der Waals surface area contributed by atoms with Gasteiger partial charge < -0.3 is 18.9 Å². The summed E-state index contributed by atoms with van der Waals surface area (Å²) >= 11 is 0. The minimum atomic E-state index is -0.246. The predicted octanol–water partition coefficient (Wildman–Crippen LogP) is 20.6. The van der Waals surface area contributed by atoms with Gasteiger partial charge in [0, 0.05) is 77.9 Å². The Kier molecular flexibility index (Phi) is 9.99. The summed E-state index contributed by atoms with van der Waals surface area (Å²) in [5.74, 6) is 0. The van der Waals surface area contributed by atoms with Gasteiger partial charge in [-0.05, 0) is 201 Å². The molecule has 0 spiro atoms. The minimum Gasteiger partial charge on any atom is -0.310 e. The Morgan fingerprint density at radius 3 is 1.15 bits per heavy atom. The molecule has 0 fully saturated rings. The van der Waals surface area contributed by atoms with Crippen molar-refractivity contribution in [2.75, 3.05) is 9.80 Å². The van der Waals surface area contributed by atoms with Crippen LogP contribution in [0.2, 0.25) is 0 Å². The molecular formula is C76H56N4. The lowest BCUT2D eigenvalue weighted by Gasteiger charge is -2.28. The van der Waals surface area contributed by atoms with E-state index in [0.29, 0.717) is 0 Å². The highest BCUT2D eigenvalue weighted by atomic mass is 15.1. The second kappa shape index (κ2) is 17.3. The second-order valence-corrected chi connectivity index (χ2v) is 23.0. The summed E-state index contributed by atoms with van der Waals surface area (Å²) in [6.45, 7) is 9.69. The van der Waals surface area contributed by atoms with Crippen LogP contribution in [0, 0.1) is 0 Å². The molecule has 4 nitrogen and oxygen atoms in total. The molecular weight excluding hydrogens is 969 g/mol. The Bertz CT molecular complexity index is 4810. The zero-order valence-corrected chi connectivity index (χ0v) is 45.2. The molecule has 0 unspecified atom stereocenters. The van der Waals surface area contributed by atoms with Crippen LogP contribution in [0.15, 0.2) is 267 Å². The minimum absolute atomic E-state index is 0.222. The topological polar surface area (TPSA) is 16.3 Å². The van der Waals surface area contributed by atoms with Gasteiger partial charge in [-0.15, -0.1) is 0 Å². The summed E-state index contributed by atoms with van der Waals surface area (Å²) in [6, 6.07) is 98.9. The first-order valence-electron chi connectivity index (χ1n) is 28.0. The van der Waals surface area contributed by atoms with Crippen molar-refractivity contribution in [3.8, 4) is 33.6 Å². The maximum absolute atomic E-state index is 2.55. The van der Waals surface area contributed by atoms with Crippen LogP contribution in [0.25, 0.3) is 88.0 Å². The van der Waals surface area contributed by atoms with Crippen LogP contribution in [0.3, 0.4) is 0 Å². The SMILES string of the molecule is CC1(C)c2cc(N(c3ccccc3)c3ccc4c(c3)c3ccccc3n4-c3ccccc3)ccc2-c2cc3c(cc21)-c1cc2ccc(N(c4ccccc4)c4ccc5c(c4)c4ccccc4n5-c4ccccc4)cc2cc1C3(C)C. The maximum Gasteiger partial charge on any atom is 0.0542 e. The molecule has 0 saturated heterocycles. The van der Waals surface area contributed by atoms with E-state index in [-0.39, 0.29) is 10.8 Å². The molecule has 4 heteroatoms. The third-order valence-electron chi connectivity index (χ3n) is 17.8. The molecule has 80 heavy (non-hydrogen) atoms. The lowest BCUT2D eigenvalue weighted by Crippen LogP contribution is -2.17. The first-order valence-corrected chi connectivity index (χ1v) is 28.0. The van der Waals surface area contributed by atoms with Crippen LogP contribution >= 0.6 is 0 Å². The lowest BCUT2D eigenvalue weighted by atomic mass is 9.79. The average Bonchev–Trinajstić information content (AvgIpc) is 4.33. The number of rotatable bonds is 8. The number of nitrogens with zero attached hydrogens (tertiary/aromatic N) is 4. The van der Waals surface area contributed by atoms with Crippen LogP contribution in [-0.4, -0.2) is 9.13 Å². The summed E-state index contributed by atoms with van der Waals surface area (Å²) in [7, 11) is 0. The lowest BCUT2D eigenvalue weighted by molar-refractivity contribution is 0.652. The molecule has 12 aromatic carbocycles. The zero-order chi connectivity index (χ0) is 53.4. The predicted molar refractivity (Wildman–Crippen MR) is 337 cm³/mol. The molecule has 0 saturated carbocycles. The van der Waals surface area contributed by atoms with Gasteiger partial charge in [0.25, 0.3) is 0 Å². The van der Waals surface area contributed by atoms with E-state index < -0.39 is 0 Å². The van der Waals surface area contributed by atoms with E-state index in [0.717, 1.165) is 45.5 Å². The highest BCUT2D eigenvalue weighted by Crippen LogP contribution is 2.58. The smallest absolute Gasteiger partial charge is 0.0542 e. The normalized spacial score (nSPS) is 13.7. The zero-order valence-electron chi connectivity index (χ0n) is 45.2. The first kappa shape index (κ1) is 46.2. The third kappa shape index (κ3) is 6.82. The van der Waals surface area contributed by atoms with Crippen molar-refractivity contribution in [3.63, 3.8) is 0 Å². The quantitative estimate of drug-likeness (QED) is 0.151. The van der Waals surface area contributed by atoms with Gasteiger partial charge in [0.1, 0.15) is 0 Å². The van der Waals surface area contributed by atoms with Gasteiger partial charge in [-0.2, -0.15) is 0 Å². The van der Waals surface area contributed by atoms with Crippen molar-refractivity contribution in [2.24, 2.45) is 0 Å². The van der Waals surface area contributed by atoms with Gasteiger partial charge in [0.2, 0.25) is 0 Å². The average molecular weight is 1030 g/mol. The monoisotopic (exact) mass is 1020 g/mol. The second-order valence-electron chi connectivity index (χ2n) is 23.0. The van der Waals surface area contributed by atoms with Crippen LogP contribution < -0.4 is 9.80 Å². The van der Waals surface area contributed by atoms with Gasteiger partial charge in [-0.3, -0.25) is 0 Å². The molecule has 2 aliphatic rings. The fourth-order valence-corrected chi connectivity index (χ4v) is 13.9. The Morgan fingerprint density at radius 1 is 0.250 bits per heavy atom. The molecule has 0 bridgehead atoms. The number of anilines is 6. The molecule has 14 aromatic rings. The van der Waals surface area contributed by atoms with Crippen molar-refractivity contribution in [2.45, 2.75) is 38.5 Å². The standard InChI is InChI=1S/C76H56N4/c1-75(2)67-43-50-41-55(77(51-21-9-5-10-22-51)56-36-39-73-65(44-56)60-29-17-19-31-71(60)79(73)53-25-13-7-14-26-53)34-33-49(50)42-62(67)64-48-69-63(47-70(64)75)59-38-35-58(46-68(59)76(69,3)4)78(52-23-11-6-12-24-52)57-37-40-74-66(45-57)61-30-18-20-32-72(61)80(74)54-27-15-8-16-28-54/h5-48H,1-4H3. The fraction of sp³-hybridized carbons (Fsp3) is 0.0789. The van der Waals surface area contributed by atoms with E-state index >= 15 is 0 Å². The van der Waals surface area contributed by atoms with Crippen LogP contribution in [0.5, 0.6) is 0 Å². The Labute approximate surface area is 466 Å². The molecule has 2 aromatic heterocycles. The van der Waals surface area contributed by atoms with Crippen molar-refractivity contribution in [1.29, 1.82) is 0 Å². The molecule has 380 valence electrons. The largest absolute Gasteiger partial charge is 0.310 e. The summed E-state index contributed by atoms with van der Waals surface area (Å²) in [5.41, 5.74) is 24.2. The number of hydrogen-bond acceptors (Lipinski definition) is 2. The molecule has 0 radical (unpaired) electrons. The maximum atomic E-state index is 2.55. The highest BCUT2D eigenvalue weighted by molar-refractivity contribution is 6.12. The molecule has 0 aliphatic heterocycles. The van der Waals surface area contributed by atoms with E-state index in [4.69, 9.17) is 0 Å². The molecule has 0 atom stereocenters. The Hall–Kier alpha value is -9.90. The van der Waals surface area contributed by atoms with Crippen molar-refractivity contribution < 1.29 is 0 Å². The van der Waals surface area contributed by atoms with Gasteiger partial charge in [0.15, 0.2) is 0 Å². The van der Waals surface area contributed by atoms with Gasteiger partial charge in [-0.25, -0.2) is 0 Å². The first-order chi connectivity index (χ1) is 39.2. The van der Waals surface area contributed by atoms with Crippen LogP contribution in [-0.2, 0) is 10.8 Å². The van der Waals surface area contributed by atoms with Crippen LogP contribution in [0.1, 0.15) is 49.9 Å². The Morgan fingerprint density at radius 2 is 0.625 bits per heavy atom. The van der Waals surface area contributed by atoms with Crippen molar-refractivity contribution in [1.82, 2.24) is 9.13 Å². The number of hydrogen-bond donors (Lipinski definition) is 0. The number of fused-ring (bicyclic) bond motifs is 13. The van der Waals surface area contributed by atoms with Crippen molar-refractivity contribution in [3.05, 3.63) is 289 Å². The highest BCUT2D eigenvalue weighted by Gasteiger charge is 2.42. The summed E-state index contributed by atoms with van der Waals surface area (Å²) in [6.07, 6.45) is 0. The molecule has 2 aliphatic carbocycles. The fourth-order valence-electron chi connectivity index (χ4n) is 13.9. The van der Waals surface area contributed by atoms with E-state index in [1.165, 1.54) is 98.9 Å². The van der Waals surface area contributed by atoms with E-state index in [9.17, 15) is 0 Å². The molecule has 2 heterocycles. The van der Waals surface area contributed by atoms with Gasteiger partial charge in [-0.1, -0.05) is 149 Å². The van der Waals surface area contributed by atoms with Gasteiger partial charge >= 0.3 is 0 Å². The van der Waals surface area contributed by atoms with Crippen LogP contribution in [0.4, 0.5) is 34.1 Å². The number of para-hydroxylation sites is 6. The van der Waals surface area contributed by atoms with Crippen molar-refractivity contribution >= 4 is 88.5 Å². The number of aromatic nitrogens is 2. The van der Waals surface area contributed by atoms with Gasteiger partial charge in [0.05, 0.1) is 22.1 Å². The molecule has 0 N–H and O–H groups in total. The molecule has 16 rings (SSSR count). The summed E-state index contributed by atoms with van der Waals surface area (Å²) < 4.78 is 4.78. The number of benzene rings is 12.